The largest absolute Gasteiger partial charge is 0.386 e. The SMILES string of the molecule is Cc1cccc(C(O)C2CCc3ccccc3N2)c1. The van der Waals surface area contributed by atoms with Gasteiger partial charge in [0.25, 0.3) is 0 Å². The highest BCUT2D eigenvalue weighted by atomic mass is 16.3. The van der Waals surface area contributed by atoms with Gasteiger partial charge in [0.05, 0.1) is 12.1 Å². The van der Waals surface area contributed by atoms with Crippen molar-refractivity contribution < 1.29 is 5.11 Å². The lowest BCUT2D eigenvalue weighted by atomic mass is 9.91. The summed E-state index contributed by atoms with van der Waals surface area (Å²) in [6, 6.07) is 16.6. The first-order chi connectivity index (χ1) is 9.24. The molecule has 2 heteroatoms. The molecule has 1 heterocycles. The van der Waals surface area contributed by atoms with Crippen LogP contribution in [0.4, 0.5) is 5.69 Å². The van der Waals surface area contributed by atoms with Crippen molar-refractivity contribution in [3.8, 4) is 0 Å². The van der Waals surface area contributed by atoms with Gasteiger partial charge in [-0.25, -0.2) is 0 Å². The minimum Gasteiger partial charge on any atom is -0.386 e. The number of hydrogen-bond donors (Lipinski definition) is 2. The fourth-order valence-corrected chi connectivity index (χ4v) is 2.79. The van der Waals surface area contributed by atoms with Crippen molar-refractivity contribution in [2.45, 2.75) is 31.9 Å². The topological polar surface area (TPSA) is 32.3 Å². The number of aliphatic hydroxyl groups is 1. The number of benzene rings is 2. The maximum atomic E-state index is 10.5. The van der Waals surface area contributed by atoms with Crippen LogP contribution in [0.2, 0.25) is 0 Å². The summed E-state index contributed by atoms with van der Waals surface area (Å²) in [5.41, 5.74) is 4.69. The molecule has 0 saturated carbocycles. The molecule has 2 unspecified atom stereocenters. The Morgan fingerprint density at radius 3 is 2.84 bits per heavy atom. The van der Waals surface area contributed by atoms with Crippen molar-refractivity contribution in [3.05, 3.63) is 65.2 Å². The summed E-state index contributed by atoms with van der Waals surface area (Å²) < 4.78 is 0. The molecule has 0 bridgehead atoms. The summed E-state index contributed by atoms with van der Waals surface area (Å²) in [6.07, 6.45) is 1.54. The molecule has 0 radical (unpaired) electrons. The molecule has 0 amide bonds. The maximum absolute atomic E-state index is 10.5. The second-order valence-electron chi connectivity index (χ2n) is 5.31. The first-order valence-corrected chi connectivity index (χ1v) is 6.83. The van der Waals surface area contributed by atoms with Crippen LogP contribution < -0.4 is 5.32 Å². The number of hydrogen-bond acceptors (Lipinski definition) is 2. The van der Waals surface area contributed by atoms with Crippen LogP contribution in [-0.2, 0) is 6.42 Å². The van der Waals surface area contributed by atoms with E-state index in [1.165, 1.54) is 11.1 Å². The Hall–Kier alpha value is -1.80. The Balaban J connectivity index is 1.81. The second kappa shape index (κ2) is 5.06. The predicted molar refractivity (Wildman–Crippen MR) is 78.3 cm³/mol. The minimum atomic E-state index is -0.451. The van der Waals surface area contributed by atoms with Gasteiger partial charge in [-0.15, -0.1) is 0 Å². The van der Waals surface area contributed by atoms with E-state index in [2.05, 4.69) is 42.6 Å². The van der Waals surface area contributed by atoms with Crippen molar-refractivity contribution in [2.75, 3.05) is 5.32 Å². The monoisotopic (exact) mass is 253 g/mol. The highest BCUT2D eigenvalue weighted by Crippen LogP contribution is 2.30. The normalized spacial score (nSPS) is 19.4. The summed E-state index contributed by atoms with van der Waals surface area (Å²) >= 11 is 0. The van der Waals surface area contributed by atoms with Gasteiger partial charge in [0.15, 0.2) is 0 Å². The molecule has 0 spiro atoms. The van der Waals surface area contributed by atoms with Crippen molar-refractivity contribution >= 4 is 5.69 Å². The van der Waals surface area contributed by atoms with Gasteiger partial charge in [-0.3, -0.25) is 0 Å². The lowest BCUT2D eigenvalue weighted by molar-refractivity contribution is 0.149. The van der Waals surface area contributed by atoms with E-state index in [9.17, 15) is 5.11 Å². The molecular weight excluding hydrogens is 234 g/mol. The van der Waals surface area contributed by atoms with E-state index in [0.29, 0.717) is 0 Å². The van der Waals surface area contributed by atoms with Crippen molar-refractivity contribution in [1.82, 2.24) is 0 Å². The predicted octanol–water partition coefficient (Wildman–Crippen LogP) is 3.46. The van der Waals surface area contributed by atoms with Crippen LogP contribution in [0.5, 0.6) is 0 Å². The molecule has 2 aromatic rings. The zero-order valence-electron chi connectivity index (χ0n) is 11.1. The number of para-hydroxylation sites is 1. The molecule has 19 heavy (non-hydrogen) atoms. The van der Waals surface area contributed by atoms with Gasteiger partial charge in [-0.05, 0) is 37.0 Å². The molecule has 3 rings (SSSR count). The number of nitrogens with one attached hydrogen (secondary N) is 1. The molecule has 0 aliphatic carbocycles. The zero-order chi connectivity index (χ0) is 13.2. The average molecular weight is 253 g/mol. The second-order valence-corrected chi connectivity index (χ2v) is 5.31. The fourth-order valence-electron chi connectivity index (χ4n) is 2.79. The third kappa shape index (κ3) is 2.49. The lowest BCUT2D eigenvalue weighted by Crippen LogP contribution is -2.31. The van der Waals surface area contributed by atoms with Gasteiger partial charge >= 0.3 is 0 Å². The molecule has 1 aliphatic rings. The van der Waals surface area contributed by atoms with Crippen LogP contribution in [0.25, 0.3) is 0 Å². The van der Waals surface area contributed by atoms with Crippen molar-refractivity contribution in [2.24, 2.45) is 0 Å². The fraction of sp³-hybridized carbons (Fsp3) is 0.294. The molecule has 0 saturated heterocycles. The quantitative estimate of drug-likeness (QED) is 0.859. The number of rotatable bonds is 2. The van der Waals surface area contributed by atoms with Crippen LogP contribution >= 0.6 is 0 Å². The summed E-state index contributed by atoms with van der Waals surface area (Å²) in [5.74, 6) is 0. The summed E-state index contributed by atoms with van der Waals surface area (Å²) in [7, 11) is 0. The Kier molecular flexibility index (Phi) is 3.26. The molecule has 2 nitrogen and oxygen atoms in total. The molecule has 2 aromatic carbocycles. The Morgan fingerprint density at radius 2 is 2.00 bits per heavy atom. The molecule has 2 atom stereocenters. The number of anilines is 1. The van der Waals surface area contributed by atoms with E-state index in [1.807, 2.05) is 18.2 Å². The standard InChI is InChI=1S/C17H19NO/c1-12-5-4-7-14(11-12)17(19)16-10-9-13-6-2-3-8-15(13)18-16/h2-8,11,16-19H,9-10H2,1H3. The third-order valence-electron chi connectivity index (χ3n) is 3.85. The Morgan fingerprint density at radius 1 is 1.16 bits per heavy atom. The van der Waals surface area contributed by atoms with Crippen LogP contribution in [0.1, 0.15) is 29.2 Å². The summed E-state index contributed by atoms with van der Waals surface area (Å²) in [5, 5.41) is 14.0. The molecular formula is C17H19NO. The van der Waals surface area contributed by atoms with E-state index < -0.39 is 6.10 Å². The van der Waals surface area contributed by atoms with Gasteiger partial charge in [0, 0.05) is 5.69 Å². The molecule has 98 valence electrons. The van der Waals surface area contributed by atoms with Gasteiger partial charge in [-0.1, -0.05) is 48.0 Å². The first kappa shape index (κ1) is 12.2. The third-order valence-corrected chi connectivity index (χ3v) is 3.85. The average Bonchev–Trinajstić information content (AvgIpc) is 2.46. The van der Waals surface area contributed by atoms with Crippen LogP contribution in [0.15, 0.2) is 48.5 Å². The highest BCUT2D eigenvalue weighted by molar-refractivity contribution is 5.54. The molecule has 2 N–H and O–H groups in total. The van der Waals surface area contributed by atoms with E-state index >= 15 is 0 Å². The van der Waals surface area contributed by atoms with Crippen LogP contribution in [-0.4, -0.2) is 11.1 Å². The van der Waals surface area contributed by atoms with Crippen molar-refractivity contribution in [3.63, 3.8) is 0 Å². The lowest BCUT2D eigenvalue weighted by Gasteiger charge is -2.31. The number of fused-ring (bicyclic) bond motifs is 1. The van der Waals surface area contributed by atoms with Crippen molar-refractivity contribution in [1.29, 1.82) is 0 Å². The van der Waals surface area contributed by atoms with Gasteiger partial charge in [0.1, 0.15) is 0 Å². The molecule has 0 aromatic heterocycles. The summed E-state index contributed by atoms with van der Waals surface area (Å²) in [6.45, 7) is 2.06. The van der Waals surface area contributed by atoms with Crippen LogP contribution in [0, 0.1) is 6.92 Å². The van der Waals surface area contributed by atoms with Gasteiger partial charge in [-0.2, -0.15) is 0 Å². The van der Waals surface area contributed by atoms with E-state index in [1.54, 1.807) is 0 Å². The smallest absolute Gasteiger partial charge is 0.0991 e. The number of aliphatic hydroxyl groups excluding tert-OH is 1. The van der Waals surface area contributed by atoms with E-state index in [4.69, 9.17) is 0 Å². The van der Waals surface area contributed by atoms with Gasteiger partial charge < -0.3 is 10.4 Å². The molecule has 0 fully saturated rings. The number of aryl methyl sites for hydroxylation is 2. The van der Waals surface area contributed by atoms with E-state index in [0.717, 1.165) is 24.1 Å². The Labute approximate surface area is 114 Å². The highest BCUT2D eigenvalue weighted by Gasteiger charge is 2.25. The Bertz CT molecular complexity index is 579. The van der Waals surface area contributed by atoms with E-state index in [-0.39, 0.29) is 6.04 Å². The van der Waals surface area contributed by atoms with Crippen LogP contribution in [0.3, 0.4) is 0 Å². The maximum Gasteiger partial charge on any atom is 0.0991 e. The zero-order valence-corrected chi connectivity index (χ0v) is 11.1. The minimum absolute atomic E-state index is 0.0942. The van der Waals surface area contributed by atoms with Gasteiger partial charge in [0.2, 0.25) is 0 Å². The summed E-state index contributed by atoms with van der Waals surface area (Å²) in [4.78, 5) is 0. The first-order valence-electron chi connectivity index (χ1n) is 6.83. The molecule has 1 aliphatic heterocycles.